The highest BCUT2D eigenvalue weighted by atomic mass is 16.1. The van der Waals surface area contributed by atoms with Crippen LogP contribution in [0.3, 0.4) is 0 Å². The van der Waals surface area contributed by atoms with E-state index in [4.69, 9.17) is 5.73 Å². The van der Waals surface area contributed by atoms with Gasteiger partial charge in [-0.25, -0.2) is 4.79 Å². The van der Waals surface area contributed by atoms with Gasteiger partial charge in [-0.05, 0) is 37.5 Å². The van der Waals surface area contributed by atoms with Crippen LogP contribution in [0.15, 0.2) is 23.0 Å². The molecule has 0 amide bonds. The van der Waals surface area contributed by atoms with Crippen molar-refractivity contribution in [1.82, 2.24) is 14.5 Å². The third-order valence-electron chi connectivity index (χ3n) is 4.05. The zero-order valence-corrected chi connectivity index (χ0v) is 11.2. The molecule has 0 atom stereocenters. The molecule has 1 aliphatic rings. The summed E-state index contributed by atoms with van der Waals surface area (Å²) in [6.07, 6.45) is 1.97. The van der Waals surface area contributed by atoms with Crippen molar-refractivity contribution in [2.24, 2.45) is 5.73 Å². The molecule has 1 aliphatic heterocycles. The number of imidazole rings is 1. The van der Waals surface area contributed by atoms with Crippen LogP contribution in [-0.2, 0) is 0 Å². The first kappa shape index (κ1) is 12.4. The van der Waals surface area contributed by atoms with E-state index in [-0.39, 0.29) is 11.7 Å². The lowest BCUT2D eigenvalue weighted by atomic mass is 10.0. The Morgan fingerprint density at radius 3 is 2.79 bits per heavy atom. The molecule has 5 heteroatoms. The van der Waals surface area contributed by atoms with Crippen LogP contribution in [0.2, 0.25) is 0 Å². The Labute approximate surface area is 112 Å². The molecule has 1 saturated heterocycles. The van der Waals surface area contributed by atoms with Crippen LogP contribution in [-0.4, -0.2) is 34.2 Å². The number of nitrogens with two attached hydrogens (primary N) is 1. The first-order valence-electron chi connectivity index (χ1n) is 6.82. The number of hydrogen-bond acceptors (Lipinski definition) is 3. The summed E-state index contributed by atoms with van der Waals surface area (Å²) in [4.78, 5) is 17.3. The predicted molar refractivity (Wildman–Crippen MR) is 76.2 cm³/mol. The van der Waals surface area contributed by atoms with Crippen LogP contribution < -0.4 is 11.4 Å². The van der Waals surface area contributed by atoms with Gasteiger partial charge in [0, 0.05) is 25.8 Å². The molecule has 2 aromatic rings. The summed E-state index contributed by atoms with van der Waals surface area (Å²) in [7, 11) is 0. The summed E-state index contributed by atoms with van der Waals surface area (Å²) in [5.74, 6) is 0. The molecule has 0 unspecified atom stereocenters. The van der Waals surface area contributed by atoms with Crippen LogP contribution in [0.4, 0.5) is 0 Å². The second kappa shape index (κ2) is 4.83. The Bertz CT molecular complexity index is 634. The van der Waals surface area contributed by atoms with Crippen molar-refractivity contribution in [2.75, 3.05) is 19.8 Å². The van der Waals surface area contributed by atoms with E-state index >= 15 is 0 Å². The average Bonchev–Trinajstić information content (AvgIpc) is 2.74. The van der Waals surface area contributed by atoms with Crippen molar-refractivity contribution < 1.29 is 0 Å². The van der Waals surface area contributed by atoms with Crippen LogP contribution in [0.1, 0.15) is 24.4 Å². The van der Waals surface area contributed by atoms with E-state index in [2.05, 4.69) is 22.9 Å². The van der Waals surface area contributed by atoms with Gasteiger partial charge in [-0.1, -0.05) is 6.07 Å². The largest absolute Gasteiger partial charge is 0.326 e. The molecule has 0 radical (unpaired) electrons. The first-order chi connectivity index (χ1) is 9.19. The molecule has 1 fully saturated rings. The summed E-state index contributed by atoms with van der Waals surface area (Å²) in [5, 5.41) is 0. The number of likely N-dealkylation sites (tertiary alicyclic amines) is 1. The molecule has 19 heavy (non-hydrogen) atoms. The molecule has 0 saturated carbocycles. The lowest BCUT2D eigenvalue weighted by molar-refractivity contribution is 0.191. The van der Waals surface area contributed by atoms with Gasteiger partial charge in [0.15, 0.2) is 0 Å². The third kappa shape index (κ3) is 2.19. The van der Waals surface area contributed by atoms with E-state index in [1.165, 1.54) is 5.56 Å². The summed E-state index contributed by atoms with van der Waals surface area (Å²) in [6, 6.07) is 6.38. The zero-order valence-electron chi connectivity index (χ0n) is 11.2. The van der Waals surface area contributed by atoms with Crippen molar-refractivity contribution in [3.05, 3.63) is 34.2 Å². The summed E-state index contributed by atoms with van der Waals surface area (Å²) < 4.78 is 1.93. The van der Waals surface area contributed by atoms with E-state index in [1.54, 1.807) is 0 Å². The molecule has 5 nitrogen and oxygen atoms in total. The van der Waals surface area contributed by atoms with Crippen molar-refractivity contribution in [1.29, 1.82) is 0 Å². The molecule has 1 aromatic carbocycles. The Morgan fingerprint density at radius 1 is 1.37 bits per heavy atom. The minimum Gasteiger partial charge on any atom is -0.318 e. The molecule has 0 bridgehead atoms. The lowest BCUT2D eigenvalue weighted by Gasteiger charge is -2.31. The van der Waals surface area contributed by atoms with E-state index < -0.39 is 0 Å². The van der Waals surface area contributed by atoms with Gasteiger partial charge in [-0.15, -0.1) is 0 Å². The number of nitrogens with zero attached hydrogens (tertiary/aromatic N) is 2. The van der Waals surface area contributed by atoms with Crippen LogP contribution >= 0.6 is 0 Å². The molecule has 0 spiro atoms. The number of benzene rings is 1. The van der Waals surface area contributed by atoms with Gasteiger partial charge in [-0.2, -0.15) is 0 Å². The van der Waals surface area contributed by atoms with Gasteiger partial charge >= 0.3 is 5.69 Å². The number of aromatic amines is 1. The molecular formula is C14H20N4O. The van der Waals surface area contributed by atoms with Gasteiger partial charge in [-0.3, -0.25) is 9.47 Å². The maximum Gasteiger partial charge on any atom is 0.326 e. The highest BCUT2D eigenvalue weighted by molar-refractivity contribution is 5.76. The second-order valence-electron chi connectivity index (χ2n) is 5.35. The van der Waals surface area contributed by atoms with Gasteiger partial charge in [0.1, 0.15) is 0 Å². The Morgan fingerprint density at radius 2 is 2.11 bits per heavy atom. The Kier molecular flexibility index (Phi) is 3.16. The standard InChI is InChI=1S/C14H20N4O/c1-10-2-3-12-13(8-10)18(14(19)16-12)11-4-6-17(9-15)7-5-11/h2-3,8,11H,4-7,9,15H2,1H3,(H,16,19). The van der Waals surface area contributed by atoms with Crippen LogP contribution in [0, 0.1) is 6.92 Å². The van der Waals surface area contributed by atoms with Gasteiger partial charge in [0.2, 0.25) is 0 Å². The Balaban J connectivity index is 1.98. The highest BCUT2D eigenvalue weighted by Crippen LogP contribution is 2.24. The molecule has 2 heterocycles. The number of piperidine rings is 1. The number of H-pyrrole nitrogens is 1. The van der Waals surface area contributed by atoms with Gasteiger partial charge in [0.05, 0.1) is 11.0 Å². The van der Waals surface area contributed by atoms with Crippen molar-refractivity contribution in [3.63, 3.8) is 0 Å². The number of nitrogens with one attached hydrogen (secondary N) is 1. The topological polar surface area (TPSA) is 67.0 Å². The SMILES string of the molecule is Cc1ccc2[nH]c(=O)n(C3CCN(CN)CC3)c2c1. The Hall–Kier alpha value is -1.59. The monoisotopic (exact) mass is 260 g/mol. The fraction of sp³-hybridized carbons (Fsp3) is 0.500. The predicted octanol–water partition coefficient (Wildman–Crippen LogP) is 1.19. The fourth-order valence-corrected chi connectivity index (χ4v) is 2.95. The van der Waals surface area contributed by atoms with E-state index in [0.717, 1.165) is 37.0 Å². The van der Waals surface area contributed by atoms with Gasteiger partial charge < -0.3 is 10.7 Å². The van der Waals surface area contributed by atoms with E-state index in [1.807, 2.05) is 16.7 Å². The molecule has 3 rings (SSSR count). The third-order valence-corrected chi connectivity index (χ3v) is 4.05. The molecular weight excluding hydrogens is 240 g/mol. The molecule has 3 N–H and O–H groups in total. The quantitative estimate of drug-likeness (QED) is 0.852. The first-order valence-corrected chi connectivity index (χ1v) is 6.82. The van der Waals surface area contributed by atoms with Crippen LogP contribution in [0.25, 0.3) is 11.0 Å². The normalized spacial score (nSPS) is 18.2. The van der Waals surface area contributed by atoms with E-state index in [0.29, 0.717) is 6.67 Å². The van der Waals surface area contributed by atoms with Crippen molar-refractivity contribution in [3.8, 4) is 0 Å². The zero-order chi connectivity index (χ0) is 13.4. The van der Waals surface area contributed by atoms with Crippen molar-refractivity contribution >= 4 is 11.0 Å². The molecule has 0 aliphatic carbocycles. The number of aromatic nitrogens is 2. The van der Waals surface area contributed by atoms with Gasteiger partial charge in [0.25, 0.3) is 0 Å². The number of fused-ring (bicyclic) bond motifs is 1. The number of rotatable bonds is 2. The van der Waals surface area contributed by atoms with Crippen LogP contribution in [0.5, 0.6) is 0 Å². The highest BCUT2D eigenvalue weighted by Gasteiger charge is 2.22. The maximum absolute atomic E-state index is 12.2. The summed E-state index contributed by atoms with van der Waals surface area (Å²) >= 11 is 0. The number of aryl methyl sites for hydroxylation is 1. The summed E-state index contributed by atoms with van der Waals surface area (Å²) in [5.41, 5.74) is 8.80. The van der Waals surface area contributed by atoms with Crippen molar-refractivity contribution in [2.45, 2.75) is 25.8 Å². The molecule has 102 valence electrons. The van der Waals surface area contributed by atoms with E-state index in [9.17, 15) is 4.79 Å². The molecule has 1 aromatic heterocycles. The average molecular weight is 260 g/mol. The second-order valence-corrected chi connectivity index (χ2v) is 5.35. The summed E-state index contributed by atoms with van der Waals surface area (Å²) in [6.45, 7) is 4.59. The maximum atomic E-state index is 12.2. The number of hydrogen-bond donors (Lipinski definition) is 2. The minimum atomic E-state index is 0.00629. The lowest BCUT2D eigenvalue weighted by Crippen LogP contribution is -2.39. The fourth-order valence-electron chi connectivity index (χ4n) is 2.95. The smallest absolute Gasteiger partial charge is 0.318 e. The minimum absolute atomic E-state index is 0.00629.